The number of amides is 1. The van der Waals surface area contributed by atoms with Crippen molar-refractivity contribution in [1.29, 1.82) is 0 Å². The Bertz CT molecular complexity index is 736. The highest BCUT2D eigenvalue weighted by Crippen LogP contribution is 2.36. The molecule has 2 aliphatic rings. The number of hydrogen-bond donors (Lipinski definition) is 1. The molecule has 1 saturated heterocycles. The number of rotatable bonds is 4. The Morgan fingerprint density at radius 1 is 1.12 bits per heavy atom. The van der Waals surface area contributed by atoms with Gasteiger partial charge in [-0.15, -0.1) is 11.3 Å². The standard InChI is InChI=1S/C18H19NO4S/c20-18(19-11-13-2-1-7-21-13)17-6-5-16(24-17)12-3-4-14-15(10-12)23-9-8-22-14/h3-6,10,13H,1-2,7-9,11H2,(H,19,20)/t13-/m0/s1. The van der Waals surface area contributed by atoms with Crippen molar-refractivity contribution in [2.24, 2.45) is 0 Å². The summed E-state index contributed by atoms with van der Waals surface area (Å²) in [5.74, 6) is 1.49. The molecule has 2 aromatic rings. The first kappa shape index (κ1) is 15.5. The van der Waals surface area contributed by atoms with Crippen LogP contribution in [0.25, 0.3) is 10.4 Å². The van der Waals surface area contributed by atoms with Gasteiger partial charge in [0.05, 0.1) is 11.0 Å². The Kier molecular flexibility index (Phi) is 4.40. The van der Waals surface area contributed by atoms with Crippen LogP contribution in [0, 0.1) is 0 Å². The van der Waals surface area contributed by atoms with Crippen LogP contribution in [0.5, 0.6) is 11.5 Å². The zero-order chi connectivity index (χ0) is 16.4. The molecule has 1 aromatic carbocycles. The zero-order valence-corrected chi connectivity index (χ0v) is 14.1. The number of ether oxygens (including phenoxy) is 3. The highest BCUT2D eigenvalue weighted by molar-refractivity contribution is 7.17. The number of hydrogen-bond acceptors (Lipinski definition) is 5. The molecule has 5 nitrogen and oxygen atoms in total. The summed E-state index contributed by atoms with van der Waals surface area (Å²) in [5, 5.41) is 2.96. The SMILES string of the molecule is O=C(NC[C@@H]1CCCO1)c1ccc(-c2ccc3c(c2)OCCO3)s1. The smallest absolute Gasteiger partial charge is 0.261 e. The van der Waals surface area contributed by atoms with Gasteiger partial charge in [-0.1, -0.05) is 0 Å². The molecular formula is C18H19NO4S. The molecule has 0 saturated carbocycles. The molecule has 3 heterocycles. The minimum atomic E-state index is -0.0423. The average molecular weight is 345 g/mol. The second-order valence-corrected chi connectivity index (χ2v) is 6.95. The van der Waals surface area contributed by atoms with Gasteiger partial charge in [-0.2, -0.15) is 0 Å². The van der Waals surface area contributed by atoms with E-state index in [4.69, 9.17) is 14.2 Å². The van der Waals surface area contributed by atoms with E-state index >= 15 is 0 Å². The molecule has 24 heavy (non-hydrogen) atoms. The van der Waals surface area contributed by atoms with Gasteiger partial charge >= 0.3 is 0 Å². The Hall–Kier alpha value is -2.05. The monoisotopic (exact) mass is 345 g/mol. The van der Waals surface area contributed by atoms with E-state index in [9.17, 15) is 4.79 Å². The molecule has 1 amide bonds. The molecule has 4 rings (SSSR count). The molecule has 1 atom stereocenters. The summed E-state index contributed by atoms with van der Waals surface area (Å²) in [6, 6.07) is 9.71. The first-order chi connectivity index (χ1) is 11.8. The Labute approximate surface area is 144 Å². The van der Waals surface area contributed by atoms with Crippen molar-refractivity contribution in [3.63, 3.8) is 0 Å². The van der Waals surface area contributed by atoms with Crippen molar-refractivity contribution in [3.05, 3.63) is 35.2 Å². The van der Waals surface area contributed by atoms with Crippen LogP contribution in [0.15, 0.2) is 30.3 Å². The van der Waals surface area contributed by atoms with E-state index in [0.717, 1.165) is 41.4 Å². The molecule has 0 radical (unpaired) electrons. The van der Waals surface area contributed by atoms with Gasteiger partial charge in [0.15, 0.2) is 11.5 Å². The normalized spacial score (nSPS) is 19.2. The molecule has 1 N–H and O–H groups in total. The van der Waals surface area contributed by atoms with Crippen LogP contribution >= 0.6 is 11.3 Å². The molecule has 0 unspecified atom stereocenters. The summed E-state index contributed by atoms with van der Waals surface area (Å²) in [6.07, 6.45) is 2.26. The molecule has 0 aliphatic carbocycles. The maximum absolute atomic E-state index is 12.3. The van der Waals surface area contributed by atoms with Crippen molar-refractivity contribution in [1.82, 2.24) is 5.32 Å². The largest absolute Gasteiger partial charge is 0.486 e. The highest BCUT2D eigenvalue weighted by atomic mass is 32.1. The Morgan fingerprint density at radius 3 is 2.83 bits per heavy atom. The van der Waals surface area contributed by atoms with Crippen LogP contribution in [0.1, 0.15) is 22.5 Å². The number of fused-ring (bicyclic) bond motifs is 1. The summed E-state index contributed by atoms with van der Waals surface area (Å²) < 4.78 is 16.7. The number of thiophene rings is 1. The Morgan fingerprint density at radius 2 is 2.00 bits per heavy atom. The summed E-state index contributed by atoms with van der Waals surface area (Å²) in [6.45, 7) is 2.53. The van der Waals surface area contributed by atoms with Gasteiger partial charge in [-0.25, -0.2) is 0 Å². The van der Waals surface area contributed by atoms with E-state index < -0.39 is 0 Å². The van der Waals surface area contributed by atoms with Crippen molar-refractivity contribution in [2.45, 2.75) is 18.9 Å². The lowest BCUT2D eigenvalue weighted by Crippen LogP contribution is -2.31. The lowest BCUT2D eigenvalue weighted by molar-refractivity contribution is 0.0861. The summed E-state index contributed by atoms with van der Waals surface area (Å²) in [7, 11) is 0. The minimum absolute atomic E-state index is 0.0423. The van der Waals surface area contributed by atoms with Gasteiger partial charge in [0, 0.05) is 18.0 Å². The first-order valence-electron chi connectivity index (χ1n) is 8.19. The van der Waals surface area contributed by atoms with Crippen LogP contribution in [-0.2, 0) is 4.74 Å². The van der Waals surface area contributed by atoms with Crippen LogP contribution in [0.2, 0.25) is 0 Å². The van der Waals surface area contributed by atoms with Gasteiger partial charge in [0.25, 0.3) is 5.91 Å². The quantitative estimate of drug-likeness (QED) is 0.925. The highest BCUT2D eigenvalue weighted by Gasteiger charge is 2.18. The number of carbonyl (C=O) groups excluding carboxylic acids is 1. The summed E-state index contributed by atoms with van der Waals surface area (Å²) in [5.41, 5.74) is 1.03. The molecule has 0 bridgehead atoms. The van der Waals surface area contributed by atoms with E-state index in [0.29, 0.717) is 24.6 Å². The van der Waals surface area contributed by atoms with Gasteiger partial charge in [-0.3, -0.25) is 4.79 Å². The predicted octanol–water partition coefficient (Wildman–Crippen LogP) is 3.10. The van der Waals surface area contributed by atoms with E-state index in [1.54, 1.807) is 0 Å². The molecular weight excluding hydrogens is 326 g/mol. The van der Waals surface area contributed by atoms with Crippen LogP contribution in [0.4, 0.5) is 0 Å². The maximum Gasteiger partial charge on any atom is 0.261 e. The van der Waals surface area contributed by atoms with Crippen molar-refractivity contribution >= 4 is 17.2 Å². The first-order valence-corrected chi connectivity index (χ1v) is 9.01. The third-order valence-corrected chi connectivity index (χ3v) is 5.30. The minimum Gasteiger partial charge on any atom is -0.486 e. The lowest BCUT2D eigenvalue weighted by Gasteiger charge is -2.18. The van der Waals surface area contributed by atoms with E-state index in [1.807, 2.05) is 30.3 Å². The molecule has 6 heteroatoms. The fraction of sp³-hybridized carbons (Fsp3) is 0.389. The average Bonchev–Trinajstić information content (AvgIpc) is 3.31. The summed E-state index contributed by atoms with van der Waals surface area (Å²) >= 11 is 1.48. The van der Waals surface area contributed by atoms with Crippen molar-refractivity contribution in [3.8, 4) is 21.9 Å². The van der Waals surface area contributed by atoms with Crippen LogP contribution < -0.4 is 14.8 Å². The fourth-order valence-corrected chi connectivity index (χ4v) is 3.83. The molecule has 2 aliphatic heterocycles. The summed E-state index contributed by atoms with van der Waals surface area (Å²) in [4.78, 5) is 14.0. The third kappa shape index (κ3) is 3.25. The molecule has 1 fully saturated rings. The number of carbonyl (C=O) groups is 1. The van der Waals surface area contributed by atoms with Gasteiger partial charge < -0.3 is 19.5 Å². The molecule has 1 aromatic heterocycles. The molecule has 0 spiro atoms. The van der Waals surface area contributed by atoms with Crippen molar-refractivity contribution in [2.75, 3.05) is 26.4 Å². The number of nitrogens with one attached hydrogen (secondary N) is 1. The van der Waals surface area contributed by atoms with Gasteiger partial charge in [-0.05, 0) is 48.7 Å². The van der Waals surface area contributed by atoms with Gasteiger partial charge in [0.1, 0.15) is 13.2 Å². The second kappa shape index (κ2) is 6.83. The van der Waals surface area contributed by atoms with Crippen LogP contribution in [-0.4, -0.2) is 38.4 Å². The topological polar surface area (TPSA) is 56.8 Å². The Balaban J connectivity index is 1.45. The third-order valence-electron chi connectivity index (χ3n) is 4.17. The fourth-order valence-electron chi connectivity index (χ4n) is 2.91. The second-order valence-electron chi connectivity index (χ2n) is 5.87. The van der Waals surface area contributed by atoms with E-state index in [-0.39, 0.29) is 12.0 Å². The predicted molar refractivity (Wildman–Crippen MR) is 92.1 cm³/mol. The van der Waals surface area contributed by atoms with Crippen molar-refractivity contribution < 1.29 is 19.0 Å². The van der Waals surface area contributed by atoms with E-state index in [1.165, 1.54) is 11.3 Å². The zero-order valence-electron chi connectivity index (χ0n) is 13.2. The number of benzene rings is 1. The molecule has 126 valence electrons. The van der Waals surface area contributed by atoms with Gasteiger partial charge in [0.2, 0.25) is 0 Å². The lowest BCUT2D eigenvalue weighted by atomic mass is 10.1. The maximum atomic E-state index is 12.3. The van der Waals surface area contributed by atoms with E-state index in [2.05, 4.69) is 5.32 Å². The van der Waals surface area contributed by atoms with Crippen LogP contribution in [0.3, 0.4) is 0 Å².